The van der Waals surface area contributed by atoms with E-state index in [0.29, 0.717) is 12.4 Å². The lowest BCUT2D eigenvalue weighted by Crippen LogP contribution is -2.46. The lowest BCUT2D eigenvalue weighted by molar-refractivity contribution is 0.0697. The summed E-state index contributed by atoms with van der Waals surface area (Å²) in [7, 11) is 0. The topological polar surface area (TPSA) is 65.9 Å². The second kappa shape index (κ2) is 9.62. The molecule has 0 saturated carbocycles. The number of carboxylic acid groups (broad SMARTS) is 1. The molecule has 1 fully saturated rings. The molecule has 6 heteroatoms. The van der Waals surface area contributed by atoms with Crippen LogP contribution in [0.4, 0.5) is 5.82 Å². The predicted molar refractivity (Wildman–Crippen MR) is 121 cm³/mol. The van der Waals surface area contributed by atoms with Gasteiger partial charge >= 0.3 is 5.97 Å². The molecule has 1 aliphatic rings. The molecule has 0 amide bonds. The van der Waals surface area contributed by atoms with Crippen molar-refractivity contribution in [2.75, 3.05) is 31.1 Å². The largest absolute Gasteiger partial charge is 0.489 e. The third kappa shape index (κ3) is 5.22. The molecule has 6 nitrogen and oxygen atoms in total. The van der Waals surface area contributed by atoms with E-state index < -0.39 is 5.97 Å². The molecule has 1 aliphatic heterocycles. The smallest absolute Gasteiger partial charge is 0.339 e. The number of carbonyl (C=O) groups is 1. The van der Waals surface area contributed by atoms with Gasteiger partial charge in [0.05, 0.1) is 0 Å². The summed E-state index contributed by atoms with van der Waals surface area (Å²) < 4.78 is 5.93. The second-order valence-corrected chi connectivity index (χ2v) is 7.81. The summed E-state index contributed by atoms with van der Waals surface area (Å²) >= 11 is 0. The van der Waals surface area contributed by atoms with Crippen LogP contribution in [0.1, 0.15) is 27.0 Å². The molecule has 0 atom stereocenters. The Kier molecular flexibility index (Phi) is 6.48. The van der Waals surface area contributed by atoms with E-state index in [1.807, 2.05) is 18.2 Å². The fourth-order valence-electron chi connectivity index (χ4n) is 3.81. The van der Waals surface area contributed by atoms with Crippen LogP contribution in [0.2, 0.25) is 0 Å². The minimum absolute atomic E-state index is 0.263. The van der Waals surface area contributed by atoms with E-state index in [-0.39, 0.29) is 5.56 Å². The summed E-state index contributed by atoms with van der Waals surface area (Å²) in [6.07, 6.45) is 1.65. The first-order valence-electron chi connectivity index (χ1n) is 10.5. The van der Waals surface area contributed by atoms with Crippen LogP contribution in [-0.2, 0) is 13.2 Å². The van der Waals surface area contributed by atoms with Gasteiger partial charge in [-0.1, -0.05) is 42.5 Å². The van der Waals surface area contributed by atoms with Crippen LogP contribution in [0.15, 0.2) is 66.9 Å². The Labute approximate surface area is 182 Å². The van der Waals surface area contributed by atoms with E-state index in [0.717, 1.165) is 49.6 Å². The van der Waals surface area contributed by atoms with E-state index >= 15 is 0 Å². The summed E-state index contributed by atoms with van der Waals surface area (Å²) in [6.45, 7) is 6.75. The van der Waals surface area contributed by atoms with Gasteiger partial charge in [0.1, 0.15) is 23.7 Å². The molecular weight excluding hydrogens is 390 g/mol. The van der Waals surface area contributed by atoms with Crippen molar-refractivity contribution >= 4 is 11.8 Å². The van der Waals surface area contributed by atoms with Gasteiger partial charge in [-0.05, 0) is 41.8 Å². The average molecular weight is 418 g/mol. The lowest BCUT2D eigenvalue weighted by Gasteiger charge is -2.35. The molecule has 160 valence electrons. The number of rotatable bonds is 7. The number of piperazine rings is 1. The van der Waals surface area contributed by atoms with Gasteiger partial charge in [0.15, 0.2) is 0 Å². The first-order chi connectivity index (χ1) is 15.1. The lowest BCUT2D eigenvalue weighted by atomic mass is 10.1. The normalized spacial score (nSPS) is 14.4. The monoisotopic (exact) mass is 417 g/mol. The number of nitrogens with zero attached hydrogens (tertiary/aromatic N) is 3. The Hall–Kier alpha value is -3.38. The van der Waals surface area contributed by atoms with Crippen molar-refractivity contribution in [2.24, 2.45) is 0 Å². The Morgan fingerprint density at radius 2 is 1.68 bits per heavy atom. The number of pyridine rings is 1. The first-order valence-corrected chi connectivity index (χ1v) is 10.5. The third-order valence-electron chi connectivity index (χ3n) is 5.61. The van der Waals surface area contributed by atoms with Crippen molar-refractivity contribution in [1.29, 1.82) is 0 Å². The van der Waals surface area contributed by atoms with Crippen molar-refractivity contribution in [2.45, 2.75) is 20.1 Å². The number of ether oxygens (including phenoxy) is 1. The molecule has 2 aromatic carbocycles. The molecule has 1 N–H and O–H groups in total. The SMILES string of the molecule is Cc1ccccc1OCc1ccc(CN2CCN(c3ncccc3C(=O)O)CC2)cc1. The maximum atomic E-state index is 11.5. The van der Waals surface area contributed by atoms with Crippen LogP contribution in [0, 0.1) is 6.92 Å². The van der Waals surface area contributed by atoms with E-state index in [1.54, 1.807) is 18.3 Å². The molecule has 1 aromatic heterocycles. The van der Waals surface area contributed by atoms with Gasteiger partial charge in [0.2, 0.25) is 0 Å². The van der Waals surface area contributed by atoms with Crippen molar-refractivity contribution in [3.05, 3.63) is 89.1 Å². The molecule has 0 bridgehead atoms. The zero-order valence-corrected chi connectivity index (χ0v) is 17.7. The number of hydrogen-bond acceptors (Lipinski definition) is 5. The average Bonchev–Trinajstić information content (AvgIpc) is 2.80. The predicted octanol–water partition coefficient (Wildman–Crippen LogP) is 3.99. The number of benzene rings is 2. The quantitative estimate of drug-likeness (QED) is 0.627. The standard InChI is InChI=1S/C25H27N3O3/c1-19-5-2-3-7-23(19)31-18-21-10-8-20(9-11-21)17-27-13-15-28(16-14-27)24-22(25(29)30)6-4-12-26-24/h2-12H,13-18H2,1H3,(H,29,30). The van der Waals surface area contributed by atoms with Crippen molar-refractivity contribution in [1.82, 2.24) is 9.88 Å². The van der Waals surface area contributed by atoms with Gasteiger partial charge in [-0.25, -0.2) is 9.78 Å². The molecule has 4 rings (SSSR count). The highest BCUT2D eigenvalue weighted by Gasteiger charge is 2.22. The highest BCUT2D eigenvalue weighted by atomic mass is 16.5. The van der Waals surface area contributed by atoms with Crippen LogP contribution in [-0.4, -0.2) is 47.1 Å². The first kappa shape index (κ1) is 20.9. The van der Waals surface area contributed by atoms with Crippen LogP contribution in [0.3, 0.4) is 0 Å². The Balaban J connectivity index is 1.29. The molecule has 31 heavy (non-hydrogen) atoms. The number of aromatic carboxylic acids is 1. The fourth-order valence-corrected chi connectivity index (χ4v) is 3.81. The summed E-state index contributed by atoms with van der Waals surface area (Å²) in [4.78, 5) is 20.2. The highest BCUT2D eigenvalue weighted by molar-refractivity contribution is 5.93. The molecular formula is C25H27N3O3. The van der Waals surface area contributed by atoms with Gasteiger partial charge in [-0.2, -0.15) is 0 Å². The van der Waals surface area contributed by atoms with Crippen LogP contribution >= 0.6 is 0 Å². The van der Waals surface area contributed by atoms with Gasteiger partial charge < -0.3 is 14.7 Å². The van der Waals surface area contributed by atoms with Crippen molar-refractivity contribution in [3.63, 3.8) is 0 Å². The van der Waals surface area contributed by atoms with E-state index in [4.69, 9.17) is 4.74 Å². The van der Waals surface area contributed by atoms with E-state index in [2.05, 4.69) is 52.0 Å². The Morgan fingerprint density at radius 3 is 2.39 bits per heavy atom. The number of anilines is 1. The molecule has 0 aliphatic carbocycles. The number of hydrogen-bond donors (Lipinski definition) is 1. The van der Waals surface area contributed by atoms with Gasteiger partial charge in [-0.15, -0.1) is 0 Å². The zero-order chi connectivity index (χ0) is 21.6. The van der Waals surface area contributed by atoms with Crippen molar-refractivity contribution < 1.29 is 14.6 Å². The minimum Gasteiger partial charge on any atom is -0.489 e. The highest BCUT2D eigenvalue weighted by Crippen LogP contribution is 2.21. The molecule has 0 spiro atoms. The maximum Gasteiger partial charge on any atom is 0.339 e. The van der Waals surface area contributed by atoms with Crippen LogP contribution in [0.5, 0.6) is 5.75 Å². The minimum atomic E-state index is -0.933. The maximum absolute atomic E-state index is 11.5. The van der Waals surface area contributed by atoms with Crippen LogP contribution < -0.4 is 9.64 Å². The van der Waals surface area contributed by atoms with Gasteiger partial charge in [0.25, 0.3) is 0 Å². The molecule has 0 unspecified atom stereocenters. The van der Waals surface area contributed by atoms with Crippen molar-refractivity contribution in [3.8, 4) is 5.75 Å². The summed E-state index contributed by atoms with van der Waals surface area (Å²) in [5.74, 6) is 0.549. The number of para-hydroxylation sites is 1. The summed E-state index contributed by atoms with van der Waals surface area (Å²) in [5.41, 5.74) is 3.81. The third-order valence-corrected chi connectivity index (χ3v) is 5.61. The number of aryl methyl sites for hydroxylation is 1. The summed E-state index contributed by atoms with van der Waals surface area (Å²) in [6, 6.07) is 19.9. The summed E-state index contributed by atoms with van der Waals surface area (Å²) in [5, 5.41) is 9.40. The van der Waals surface area contributed by atoms with E-state index in [1.165, 1.54) is 5.56 Å². The van der Waals surface area contributed by atoms with Crippen LogP contribution in [0.25, 0.3) is 0 Å². The van der Waals surface area contributed by atoms with E-state index in [9.17, 15) is 9.90 Å². The molecule has 2 heterocycles. The molecule has 3 aromatic rings. The zero-order valence-electron chi connectivity index (χ0n) is 17.7. The second-order valence-electron chi connectivity index (χ2n) is 7.81. The molecule has 0 radical (unpaired) electrons. The fraction of sp³-hybridized carbons (Fsp3) is 0.280. The number of carboxylic acids is 1. The Bertz CT molecular complexity index is 1030. The van der Waals surface area contributed by atoms with Gasteiger partial charge in [-0.3, -0.25) is 4.90 Å². The molecule has 1 saturated heterocycles. The Morgan fingerprint density at radius 1 is 0.968 bits per heavy atom. The number of aromatic nitrogens is 1. The van der Waals surface area contributed by atoms with Gasteiger partial charge in [0, 0.05) is 38.9 Å².